The van der Waals surface area contributed by atoms with Gasteiger partial charge in [-0.2, -0.15) is 0 Å². The first-order valence-electron chi connectivity index (χ1n) is 17.3. The average Bonchev–Trinajstić information content (AvgIpc) is 3.17. The van der Waals surface area contributed by atoms with Crippen LogP contribution in [0.15, 0.2) is 119 Å². The topological polar surface area (TPSA) is 50.5 Å². The molecule has 10 rings (SSSR count). The number of pyridine rings is 2. The van der Waals surface area contributed by atoms with Gasteiger partial charge in [0.05, 0.1) is 22.6 Å². The van der Waals surface area contributed by atoms with Crippen LogP contribution >= 0.6 is 0 Å². The van der Waals surface area contributed by atoms with Gasteiger partial charge in [-0.25, -0.2) is 4.98 Å². The van der Waals surface area contributed by atoms with E-state index in [0.717, 1.165) is 60.4 Å². The van der Waals surface area contributed by atoms with Crippen LogP contribution in [0.3, 0.4) is 0 Å². The second-order valence-electron chi connectivity index (χ2n) is 13.4. The molecule has 5 aromatic rings. The van der Waals surface area contributed by atoms with Crippen molar-refractivity contribution in [1.29, 1.82) is 0 Å². The van der Waals surface area contributed by atoms with Crippen molar-refractivity contribution in [2.75, 3.05) is 6.54 Å². The second kappa shape index (κ2) is 11.1. The van der Waals surface area contributed by atoms with Gasteiger partial charge in [0.1, 0.15) is 6.04 Å². The van der Waals surface area contributed by atoms with Crippen LogP contribution in [0.5, 0.6) is 0 Å². The molecular weight excluding hydrogens is 585 g/mol. The first kappa shape index (κ1) is 27.6. The van der Waals surface area contributed by atoms with Gasteiger partial charge in [0.25, 0.3) is 0 Å². The van der Waals surface area contributed by atoms with Crippen molar-refractivity contribution in [2.45, 2.75) is 31.7 Å². The molecule has 4 heterocycles. The van der Waals surface area contributed by atoms with E-state index in [4.69, 9.17) is 20.0 Å². The molecule has 3 aromatic carbocycles. The largest absolute Gasteiger partial charge is 0.284 e. The van der Waals surface area contributed by atoms with Crippen molar-refractivity contribution in [3.8, 4) is 11.3 Å². The van der Waals surface area contributed by atoms with E-state index in [1.54, 1.807) is 0 Å². The third-order valence-electron chi connectivity index (χ3n) is 10.8. The lowest BCUT2D eigenvalue weighted by atomic mass is 9.78. The quantitative estimate of drug-likeness (QED) is 0.189. The SMILES string of the molecule is C1=CC2C=C(C3C=CC(c4ccc(-c5nc6c7c(c8ccccc8c6c6c5CCC=C6)CCC=C7)cc4)=NC3)c3cccnc3C2N=C1. The van der Waals surface area contributed by atoms with Crippen LogP contribution in [-0.2, 0) is 12.8 Å². The van der Waals surface area contributed by atoms with Crippen molar-refractivity contribution in [3.05, 3.63) is 148 Å². The van der Waals surface area contributed by atoms with Crippen LogP contribution in [0.25, 0.3) is 50.7 Å². The standard InChI is InChI=1S/C44H34N4/c1-3-12-33-31(10-1)32-11-2-5-14-35(32)43-40(33)34-13-4-6-15-36(34)41(48-43)28-19-17-27(18-20-28)39-22-21-30(26-47-39)38-25-29-9-7-23-45-42(29)44-37(38)16-8-24-46-44/h1,3-5,7-10,12-14,16-25,29-30,42H,2,6,11,15,26H2. The number of benzene rings is 3. The Hall–Kier alpha value is -5.48. The zero-order valence-electron chi connectivity index (χ0n) is 26.7. The molecule has 0 amide bonds. The normalized spacial score (nSPS) is 21.8. The van der Waals surface area contributed by atoms with E-state index >= 15 is 0 Å². The Morgan fingerprint density at radius 1 is 0.729 bits per heavy atom. The zero-order valence-corrected chi connectivity index (χ0v) is 26.7. The molecule has 0 saturated heterocycles. The summed E-state index contributed by atoms with van der Waals surface area (Å²) in [5.41, 5.74) is 14.6. The molecule has 0 N–H and O–H groups in total. The summed E-state index contributed by atoms with van der Waals surface area (Å²) >= 11 is 0. The lowest BCUT2D eigenvalue weighted by molar-refractivity contribution is 0.585. The smallest absolute Gasteiger partial charge is 0.102 e. The lowest BCUT2D eigenvalue weighted by Crippen LogP contribution is -2.22. The van der Waals surface area contributed by atoms with Crippen molar-refractivity contribution < 1.29 is 0 Å². The van der Waals surface area contributed by atoms with Crippen molar-refractivity contribution >= 4 is 51.3 Å². The molecule has 48 heavy (non-hydrogen) atoms. The Bertz CT molecular complexity index is 2380. The molecule has 4 nitrogen and oxygen atoms in total. The van der Waals surface area contributed by atoms with Gasteiger partial charge in [0, 0.05) is 52.9 Å². The molecule has 0 radical (unpaired) electrons. The van der Waals surface area contributed by atoms with Crippen molar-refractivity contribution in [1.82, 2.24) is 9.97 Å². The molecule has 0 bridgehead atoms. The van der Waals surface area contributed by atoms with Crippen molar-refractivity contribution in [3.63, 3.8) is 0 Å². The lowest BCUT2D eigenvalue weighted by Gasteiger charge is -2.31. The monoisotopic (exact) mass is 618 g/mol. The summed E-state index contributed by atoms with van der Waals surface area (Å²) in [4.78, 5) is 20.1. The molecule has 5 aliphatic rings. The third kappa shape index (κ3) is 4.29. The summed E-state index contributed by atoms with van der Waals surface area (Å²) in [7, 11) is 0. The minimum Gasteiger partial charge on any atom is -0.284 e. The van der Waals surface area contributed by atoms with E-state index in [1.165, 1.54) is 55.1 Å². The number of allylic oxidation sites excluding steroid dienone is 4. The van der Waals surface area contributed by atoms with E-state index in [0.29, 0.717) is 0 Å². The Balaban J connectivity index is 1.00. The summed E-state index contributed by atoms with van der Waals surface area (Å²) in [5, 5.41) is 4.00. The summed E-state index contributed by atoms with van der Waals surface area (Å²) in [5.74, 6) is 0.456. The summed E-state index contributed by atoms with van der Waals surface area (Å²) in [6.45, 7) is 0.719. The molecule has 3 aliphatic carbocycles. The fourth-order valence-electron chi connectivity index (χ4n) is 8.49. The maximum atomic E-state index is 5.52. The number of nitrogens with zero attached hydrogens (tertiary/aromatic N) is 4. The molecule has 0 fully saturated rings. The molecule has 230 valence electrons. The maximum absolute atomic E-state index is 5.52. The van der Waals surface area contributed by atoms with Crippen LogP contribution in [0.2, 0.25) is 0 Å². The Labute approximate surface area is 280 Å². The van der Waals surface area contributed by atoms with E-state index in [-0.39, 0.29) is 17.9 Å². The van der Waals surface area contributed by atoms with Crippen LogP contribution in [-0.4, -0.2) is 28.4 Å². The number of aryl methyl sites for hydroxylation is 1. The van der Waals surface area contributed by atoms with Gasteiger partial charge >= 0.3 is 0 Å². The number of aliphatic imine (C=N–C) groups is 2. The van der Waals surface area contributed by atoms with Crippen LogP contribution < -0.4 is 0 Å². The minimum absolute atomic E-state index is 0.0695. The Morgan fingerprint density at radius 3 is 2.40 bits per heavy atom. The first-order chi connectivity index (χ1) is 23.8. The van der Waals surface area contributed by atoms with Gasteiger partial charge in [-0.1, -0.05) is 97.1 Å². The highest BCUT2D eigenvalue weighted by molar-refractivity contribution is 6.16. The van der Waals surface area contributed by atoms with Gasteiger partial charge in [0.2, 0.25) is 0 Å². The molecular formula is C44H34N4. The molecule has 3 atom stereocenters. The number of fused-ring (bicyclic) bond motifs is 11. The molecule has 2 aliphatic heterocycles. The van der Waals surface area contributed by atoms with Crippen molar-refractivity contribution in [2.24, 2.45) is 21.8 Å². The predicted octanol–water partition coefficient (Wildman–Crippen LogP) is 9.74. The third-order valence-corrected chi connectivity index (χ3v) is 10.8. The highest BCUT2D eigenvalue weighted by Crippen LogP contribution is 2.44. The predicted molar refractivity (Wildman–Crippen MR) is 200 cm³/mol. The summed E-state index contributed by atoms with van der Waals surface area (Å²) < 4.78 is 0. The van der Waals surface area contributed by atoms with Gasteiger partial charge in [-0.3, -0.25) is 15.0 Å². The zero-order chi connectivity index (χ0) is 31.6. The van der Waals surface area contributed by atoms with E-state index in [9.17, 15) is 0 Å². The average molecular weight is 619 g/mol. The van der Waals surface area contributed by atoms with Crippen LogP contribution in [0, 0.1) is 11.8 Å². The molecule has 0 saturated carbocycles. The van der Waals surface area contributed by atoms with E-state index in [1.807, 2.05) is 24.6 Å². The molecule has 0 spiro atoms. The highest BCUT2D eigenvalue weighted by Gasteiger charge is 2.32. The Kier molecular flexibility index (Phi) is 6.36. The number of dihydropyridines is 2. The van der Waals surface area contributed by atoms with E-state index in [2.05, 4.69) is 103 Å². The fraction of sp³-hybridized carbons (Fsp3) is 0.182. The van der Waals surface area contributed by atoms with Gasteiger partial charge in [0.15, 0.2) is 0 Å². The number of aromatic nitrogens is 2. The number of hydrogen-bond donors (Lipinski definition) is 0. The fourth-order valence-corrected chi connectivity index (χ4v) is 8.49. The van der Waals surface area contributed by atoms with E-state index < -0.39 is 0 Å². The number of hydrogen-bond acceptors (Lipinski definition) is 4. The molecule has 4 heteroatoms. The van der Waals surface area contributed by atoms with Gasteiger partial charge < -0.3 is 0 Å². The minimum atomic E-state index is 0.0695. The van der Waals surface area contributed by atoms with Gasteiger partial charge in [-0.05, 0) is 82.5 Å². The van der Waals surface area contributed by atoms with Gasteiger partial charge in [-0.15, -0.1) is 0 Å². The first-order valence-corrected chi connectivity index (χ1v) is 17.3. The molecule has 3 unspecified atom stereocenters. The maximum Gasteiger partial charge on any atom is 0.102 e. The number of rotatable bonds is 3. The Morgan fingerprint density at radius 2 is 1.54 bits per heavy atom. The summed E-state index contributed by atoms with van der Waals surface area (Å²) in [6, 6.07) is 22.2. The highest BCUT2D eigenvalue weighted by atomic mass is 14.9. The second-order valence-corrected chi connectivity index (χ2v) is 13.4. The summed E-state index contributed by atoms with van der Waals surface area (Å²) in [6.07, 6.45) is 28.5. The van der Waals surface area contributed by atoms with Crippen LogP contribution in [0.1, 0.15) is 58.0 Å². The van der Waals surface area contributed by atoms with Crippen LogP contribution in [0.4, 0.5) is 0 Å². The molecule has 2 aromatic heterocycles.